The van der Waals surface area contributed by atoms with Gasteiger partial charge in [0.15, 0.2) is 6.29 Å². The number of carbonyl (C=O) groups is 1. The number of pyridine rings is 1. The van der Waals surface area contributed by atoms with E-state index in [9.17, 15) is 9.90 Å². The highest BCUT2D eigenvalue weighted by molar-refractivity contribution is 7.10. The summed E-state index contributed by atoms with van der Waals surface area (Å²) in [5.41, 5.74) is 1.05. The zero-order valence-electron chi connectivity index (χ0n) is 9.16. The summed E-state index contributed by atoms with van der Waals surface area (Å²) in [6.07, 6.45) is 1.43. The van der Waals surface area contributed by atoms with E-state index in [1.807, 2.05) is 0 Å². The molecule has 0 fully saturated rings. The second-order valence-corrected chi connectivity index (χ2v) is 4.31. The monoisotopic (exact) mass is 249 g/mol. The summed E-state index contributed by atoms with van der Waals surface area (Å²) in [4.78, 5) is 15.4. The van der Waals surface area contributed by atoms with E-state index in [-0.39, 0.29) is 0 Å². The third kappa shape index (κ3) is 2.20. The first-order valence-electron chi connectivity index (χ1n) is 4.97. The minimum Gasteiger partial charge on any atom is -0.481 e. The second kappa shape index (κ2) is 5.07. The Morgan fingerprint density at radius 2 is 2.35 bits per heavy atom. The molecule has 2 aromatic rings. The molecule has 2 aromatic heterocycles. The van der Waals surface area contributed by atoms with E-state index in [0.717, 1.165) is 6.29 Å². The Balaban J connectivity index is 2.43. The average Bonchev–Trinajstić information content (AvgIpc) is 2.86. The minimum absolute atomic E-state index is 0.366. The van der Waals surface area contributed by atoms with Gasteiger partial charge in [-0.05, 0) is 23.6 Å². The van der Waals surface area contributed by atoms with Gasteiger partial charge in [0, 0.05) is 22.2 Å². The fourth-order valence-corrected chi connectivity index (χ4v) is 2.44. The molecule has 1 N–H and O–H groups in total. The topological polar surface area (TPSA) is 59.4 Å². The molecule has 2 rings (SSSR count). The number of methoxy groups -OCH3 is 1. The van der Waals surface area contributed by atoms with Crippen LogP contribution in [0.25, 0.3) is 0 Å². The normalized spacial score (nSPS) is 12.1. The van der Waals surface area contributed by atoms with Crippen molar-refractivity contribution in [3.63, 3.8) is 0 Å². The van der Waals surface area contributed by atoms with Crippen LogP contribution >= 0.6 is 11.3 Å². The SMILES string of the molecule is COc1ncccc1C(O)c1sccc1C=O. The van der Waals surface area contributed by atoms with Crippen LogP contribution in [0.15, 0.2) is 29.8 Å². The molecule has 1 unspecified atom stereocenters. The lowest BCUT2D eigenvalue weighted by Gasteiger charge is -2.12. The minimum atomic E-state index is -0.890. The lowest BCUT2D eigenvalue weighted by atomic mass is 10.1. The van der Waals surface area contributed by atoms with Crippen LogP contribution in [0.4, 0.5) is 0 Å². The number of aldehydes is 1. The van der Waals surface area contributed by atoms with E-state index in [0.29, 0.717) is 21.9 Å². The Morgan fingerprint density at radius 3 is 3.06 bits per heavy atom. The summed E-state index contributed by atoms with van der Waals surface area (Å²) in [5.74, 6) is 0.366. The third-order valence-corrected chi connectivity index (χ3v) is 3.38. The first kappa shape index (κ1) is 11.8. The van der Waals surface area contributed by atoms with Gasteiger partial charge in [-0.15, -0.1) is 11.3 Å². The van der Waals surface area contributed by atoms with Gasteiger partial charge >= 0.3 is 0 Å². The van der Waals surface area contributed by atoms with Crippen LogP contribution in [0.5, 0.6) is 5.88 Å². The molecule has 0 aliphatic carbocycles. The molecule has 0 amide bonds. The standard InChI is InChI=1S/C12H11NO3S/c1-16-12-9(3-2-5-13-12)10(15)11-8(7-14)4-6-17-11/h2-7,10,15H,1H3. The molecule has 0 aliphatic heterocycles. The fourth-order valence-electron chi connectivity index (χ4n) is 1.57. The van der Waals surface area contributed by atoms with Gasteiger partial charge in [-0.3, -0.25) is 4.79 Å². The molecular weight excluding hydrogens is 238 g/mol. The van der Waals surface area contributed by atoms with Gasteiger partial charge in [0.25, 0.3) is 0 Å². The summed E-state index contributed by atoms with van der Waals surface area (Å²) < 4.78 is 5.08. The van der Waals surface area contributed by atoms with E-state index in [1.165, 1.54) is 18.4 Å². The quantitative estimate of drug-likeness (QED) is 0.842. The van der Waals surface area contributed by atoms with Gasteiger partial charge in [-0.25, -0.2) is 4.98 Å². The number of nitrogens with zero attached hydrogens (tertiary/aromatic N) is 1. The Kier molecular flexibility index (Phi) is 3.51. The Bertz CT molecular complexity index is 524. The molecule has 17 heavy (non-hydrogen) atoms. The molecule has 88 valence electrons. The summed E-state index contributed by atoms with van der Waals surface area (Å²) in [5, 5.41) is 12.0. The van der Waals surface area contributed by atoms with Gasteiger partial charge in [0.1, 0.15) is 6.10 Å². The summed E-state index contributed by atoms with van der Waals surface area (Å²) in [6, 6.07) is 5.12. The molecule has 0 saturated heterocycles. The number of aromatic nitrogens is 1. The average molecular weight is 249 g/mol. The molecule has 0 saturated carbocycles. The zero-order chi connectivity index (χ0) is 12.3. The second-order valence-electron chi connectivity index (χ2n) is 3.36. The number of carbonyl (C=O) groups excluding carboxylic acids is 1. The van der Waals surface area contributed by atoms with Crippen molar-refractivity contribution < 1.29 is 14.6 Å². The van der Waals surface area contributed by atoms with Crippen molar-refractivity contribution in [2.24, 2.45) is 0 Å². The van der Waals surface area contributed by atoms with E-state index < -0.39 is 6.10 Å². The maximum absolute atomic E-state index is 10.8. The van der Waals surface area contributed by atoms with Gasteiger partial charge in [0.2, 0.25) is 5.88 Å². The first-order chi connectivity index (χ1) is 8.27. The number of hydrogen-bond acceptors (Lipinski definition) is 5. The lowest BCUT2D eigenvalue weighted by Crippen LogP contribution is -2.03. The highest BCUT2D eigenvalue weighted by Crippen LogP contribution is 2.32. The molecular formula is C12H11NO3S. The molecule has 0 bridgehead atoms. The van der Waals surface area contributed by atoms with E-state index >= 15 is 0 Å². The predicted octanol–water partition coefficient (Wildman–Crippen LogP) is 2.05. The van der Waals surface area contributed by atoms with Crippen LogP contribution in [-0.2, 0) is 0 Å². The molecule has 1 atom stereocenters. The highest BCUT2D eigenvalue weighted by Gasteiger charge is 2.19. The van der Waals surface area contributed by atoms with Crippen molar-refractivity contribution in [3.8, 4) is 5.88 Å². The van der Waals surface area contributed by atoms with Crippen LogP contribution in [0.2, 0.25) is 0 Å². The van der Waals surface area contributed by atoms with E-state index in [1.54, 1.807) is 29.8 Å². The Labute approximate surface area is 103 Å². The van der Waals surface area contributed by atoms with Crippen molar-refractivity contribution >= 4 is 17.6 Å². The molecule has 0 spiro atoms. The molecule has 2 heterocycles. The van der Waals surface area contributed by atoms with E-state index in [4.69, 9.17) is 4.74 Å². The first-order valence-corrected chi connectivity index (χ1v) is 5.85. The van der Waals surface area contributed by atoms with Crippen LogP contribution in [0.1, 0.15) is 26.9 Å². The largest absolute Gasteiger partial charge is 0.481 e. The van der Waals surface area contributed by atoms with Gasteiger partial charge < -0.3 is 9.84 Å². The highest BCUT2D eigenvalue weighted by atomic mass is 32.1. The molecule has 5 heteroatoms. The maximum Gasteiger partial charge on any atom is 0.219 e. The molecule has 0 aromatic carbocycles. The van der Waals surface area contributed by atoms with Gasteiger partial charge in [0.05, 0.1) is 7.11 Å². The number of aliphatic hydroxyl groups is 1. The van der Waals surface area contributed by atoms with Crippen LogP contribution in [0.3, 0.4) is 0 Å². The maximum atomic E-state index is 10.8. The summed E-state index contributed by atoms with van der Waals surface area (Å²) in [6.45, 7) is 0. The molecule has 0 radical (unpaired) electrons. The molecule has 0 aliphatic rings. The van der Waals surface area contributed by atoms with Crippen molar-refractivity contribution in [2.75, 3.05) is 7.11 Å². The number of ether oxygens (including phenoxy) is 1. The summed E-state index contributed by atoms with van der Waals surface area (Å²) >= 11 is 1.33. The van der Waals surface area contributed by atoms with Crippen LogP contribution in [-0.4, -0.2) is 23.5 Å². The third-order valence-electron chi connectivity index (χ3n) is 2.39. The number of hydrogen-bond donors (Lipinski definition) is 1. The van der Waals surface area contributed by atoms with Crippen molar-refractivity contribution in [3.05, 3.63) is 45.8 Å². The number of aliphatic hydroxyl groups excluding tert-OH is 1. The van der Waals surface area contributed by atoms with Crippen LogP contribution in [0, 0.1) is 0 Å². The zero-order valence-corrected chi connectivity index (χ0v) is 9.98. The van der Waals surface area contributed by atoms with Crippen molar-refractivity contribution in [2.45, 2.75) is 6.10 Å². The van der Waals surface area contributed by atoms with E-state index in [2.05, 4.69) is 4.98 Å². The Morgan fingerprint density at radius 1 is 1.53 bits per heavy atom. The molecule has 4 nitrogen and oxygen atoms in total. The van der Waals surface area contributed by atoms with Crippen LogP contribution < -0.4 is 4.74 Å². The summed E-state index contributed by atoms with van der Waals surface area (Å²) in [7, 11) is 1.49. The van der Waals surface area contributed by atoms with Crippen molar-refractivity contribution in [1.82, 2.24) is 4.98 Å². The lowest BCUT2D eigenvalue weighted by molar-refractivity contribution is 0.111. The van der Waals surface area contributed by atoms with Gasteiger partial charge in [-0.1, -0.05) is 0 Å². The predicted molar refractivity (Wildman–Crippen MR) is 64.6 cm³/mol. The Hall–Kier alpha value is -1.72. The number of rotatable bonds is 4. The number of thiophene rings is 1. The smallest absolute Gasteiger partial charge is 0.219 e. The fraction of sp³-hybridized carbons (Fsp3) is 0.167. The van der Waals surface area contributed by atoms with Gasteiger partial charge in [-0.2, -0.15) is 0 Å². The van der Waals surface area contributed by atoms with Crippen molar-refractivity contribution in [1.29, 1.82) is 0 Å².